The van der Waals surface area contributed by atoms with Gasteiger partial charge in [-0.25, -0.2) is 0 Å². The Morgan fingerprint density at radius 2 is 2.14 bits per heavy atom. The van der Waals surface area contributed by atoms with Gasteiger partial charge in [-0.05, 0) is 56.4 Å². The highest BCUT2D eigenvalue weighted by atomic mass is 35.5. The SMILES string of the molecule is CCOCCCNC(=O)C1CCC2O/C(=C\c3ccc(Cl)cc3)C(=O)NC2C1. The maximum atomic E-state index is 12.4. The molecule has 0 radical (unpaired) electrons. The first kappa shape index (κ1) is 20.7. The summed E-state index contributed by atoms with van der Waals surface area (Å²) in [5.74, 6) is 0.0158. The van der Waals surface area contributed by atoms with Crippen molar-refractivity contribution in [3.05, 3.63) is 40.6 Å². The Kier molecular flexibility index (Phi) is 7.34. The molecule has 6 nitrogen and oxygen atoms in total. The molecule has 1 aliphatic heterocycles. The van der Waals surface area contributed by atoms with E-state index in [1.807, 2.05) is 19.1 Å². The largest absolute Gasteiger partial charge is 0.483 e. The van der Waals surface area contributed by atoms with Gasteiger partial charge in [-0.3, -0.25) is 9.59 Å². The summed E-state index contributed by atoms with van der Waals surface area (Å²) in [4.78, 5) is 24.8. The standard InChI is InChI=1S/C21H27ClN2O4/c1-2-27-11-3-10-23-20(25)15-6-9-18-17(13-15)24-21(26)19(28-18)12-14-4-7-16(22)8-5-14/h4-5,7-8,12,15,17-18H,2-3,6,9-11,13H2,1H3,(H,23,25)(H,24,26)/b19-12-. The molecule has 1 aromatic carbocycles. The van der Waals surface area contributed by atoms with Crippen molar-refractivity contribution < 1.29 is 19.1 Å². The topological polar surface area (TPSA) is 76.7 Å². The number of hydrogen-bond acceptors (Lipinski definition) is 4. The van der Waals surface area contributed by atoms with E-state index < -0.39 is 0 Å². The molecule has 0 bridgehead atoms. The lowest BCUT2D eigenvalue weighted by Crippen LogP contribution is -2.54. The minimum absolute atomic E-state index is 0.0479. The number of ether oxygens (including phenoxy) is 2. The fourth-order valence-electron chi connectivity index (χ4n) is 3.61. The number of fused-ring (bicyclic) bond motifs is 1. The minimum Gasteiger partial charge on any atom is -0.483 e. The zero-order chi connectivity index (χ0) is 19.9. The van der Waals surface area contributed by atoms with Gasteiger partial charge < -0.3 is 20.1 Å². The third kappa shape index (κ3) is 5.49. The van der Waals surface area contributed by atoms with Crippen molar-refractivity contribution >= 4 is 29.5 Å². The predicted octanol–water partition coefficient (Wildman–Crippen LogP) is 2.91. The van der Waals surface area contributed by atoms with Crippen molar-refractivity contribution in [1.29, 1.82) is 0 Å². The van der Waals surface area contributed by atoms with Crippen LogP contribution in [0.1, 0.15) is 38.2 Å². The van der Waals surface area contributed by atoms with Crippen LogP contribution in [0.5, 0.6) is 0 Å². The average molecular weight is 407 g/mol. The monoisotopic (exact) mass is 406 g/mol. The van der Waals surface area contributed by atoms with Crippen molar-refractivity contribution in [2.24, 2.45) is 5.92 Å². The van der Waals surface area contributed by atoms with Crippen LogP contribution in [0.3, 0.4) is 0 Å². The van der Waals surface area contributed by atoms with E-state index in [2.05, 4.69) is 10.6 Å². The second kappa shape index (κ2) is 9.94. The first-order valence-corrected chi connectivity index (χ1v) is 10.2. The van der Waals surface area contributed by atoms with Crippen LogP contribution in [-0.2, 0) is 19.1 Å². The van der Waals surface area contributed by atoms with E-state index in [1.165, 1.54) is 0 Å². The lowest BCUT2D eigenvalue weighted by molar-refractivity contribution is -0.134. The third-order valence-electron chi connectivity index (χ3n) is 5.11. The van der Waals surface area contributed by atoms with E-state index in [0.29, 0.717) is 37.0 Å². The molecule has 7 heteroatoms. The molecule has 2 N–H and O–H groups in total. The van der Waals surface area contributed by atoms with Gasteiger partial charge in [0.05, 0.1) is 6.04 Å². The lowest BCUT2D eigenvalue weighted by Gasteiger charge is -2.39. The number of carbonyl (C=O) groups is 2. The predicted molar refractivity (Wildman–Crippen MR) is 108 cm³/mol. The maximum Gasteiger partial charge on any atom is 0.286 e. The average Bonchev–Trinajstić information content (AvgIpc) is 2.69. The van der Waals surface area contributed by atoms with E-state index in [4.69, 9.17) is 21.1 Å². The zero-order valence-corrected chi connectivity index (χ0v) is 16.8. The van der Waals surface area contributed by atoms with Crippen molar-refractivity contribution in [2.75, 3.05) is 19.8 Å². The van der Waals surface area contributed by atoms with E-state index in [9.17, 15) is 9.59 Å². The van der Waals surface area contributed by atoms with Crippen molar-refractivity contribution in [3.8, 4) is 0 Å². The molecule has 3 unspecified atom stereocenters. The van der Waals surface area contributed by atoms with Crippen LogP contribution in [0.15, 0.2) is 30.0 Å². The molecule has 1 aliphatic carbocycles. The van der Waals surface area contributed by atoms with Crippen molar-refractivity contribution in [1.82, 2.24) is 10.6 Å². The van der Waals surface area contributed by atoms with Crippen LogP contribution in [0.4, 0.5) is 0 Å². The highest BCUT2D eigenvalue weighted by Gasteiger charge is 2.40. The zero-order valence-electron chi connectivity index (χ0n) is 16.1. The molecular weight excluding hydrogens is 380 g/mol. The third-order valence-corrected chi connectivity index (χ3v) is 5.36. The molecule has 1 saturated heterocycles. The van der Waals surface area contributed by atoms with E-state index in [0.717, 1.165) is 24.8 Å². The molecule has 3 atom stereocenters. The number of halogens is 1. The van der Waals surface area contributed by atoms with Crippen molar-refractivity contribution in [2.45, 2.75) is 44.8 Å². The second-order valence-corrected chi connectivity index (χ2v) is 7.58. The number of rotatable bonds is 7. The summed E-state index contributed by atoms with van der Waals surface area (Å²) in [7, 11) is 0. The molecule has 28 heavy (non-hydrogen) atoms. The highest BCUT2D eigenvalue weighted by molar-refractivity contribution is 6.30. The summed E-state index contributed by atoms with van der Waals surface area (Å²) in [6.07, 6.45) is 4.51. The molecule has 1 aromatic rings. The van der Waals surface area contributed by atoms with E-state index >= 15 is 0 Å². The van der Waals surface area contributed by atoms with Gasteiger partial charge in [0.1, 0.15) is 6.10 Å². The second-order valence-electron chi connectivity index (χ2n) is 7.15. The summed E-state index contributed by atoms with van der Waals surface area (Å²) < 4.78 is 11.2. The Morgan fingerprint density at radius 1 is 1.36 bits per heavy atom. The van der Waals surface area contributed by atoms with Crippen LogP contribution < -0.4 is 10.6 Å². The van der Waals surface area contributed by atoms with Gasteiger partial charge in [-0.15, -0.1) is 0 Å². The van der Waals surface area contributed by atoms with Crippen LogP contribution in [-0.4, -0.2) is 43.7 Å². The van der Waals surface area contributed by atoms with Crippen molar-refractivity contribution in [3.63, 3.8) is 0 Å². The minimum atomic E-state index is -0.242. The number of morpholine rings is 1. The molecule has 2 amide bonds. The fourth-order valence-corrected chi connectivity index (χ4v) is 3.74. The highest BCUT2D eigenvalue weighted by Crippen LogP contribution is 2.31. The molecule has 2 fully saturated rings. The molecule has 1 heterocycles. The van der Waals surface area contributed by atoms with Gasteiger partial charge in [-0.1, -0.05) is 23.7 Å². The van der Waals surface area contributed by atoms with Gasteiger partial charge in [0.15, 0.2) is 5.76 Å². The molecule has 3 rings (SSSR count). The van der Waals surface area contributed by atoms with Crippen LogP contribution >= 0.6 is 11.6 Å². The Hall–Kier alpha value is -2.05. The smallest absolute Gasteiger partial charge is 0.286 e. The summed E-state index contributed by atoms with van der Waals surface area (Å²) >= 11 is 5.90. The summed E-state index contributed by atoms with van der Waals surface area (Å²) in [6, 6.07) is 7.09. The van der Waals surface area contributed by atoms with Gasteiger partial charge >= 0.3 is 0 Å². The van der Waals surface area contributed by atoms with Gasteiger partial charge in [0.25, 0.3) is 5.91 Å². The molecule has 2 aliphatic rings. The summed E-state index contributed by atoms with van der Waals surface area (Å²) in [5, 5.41) is 6.62. The number of amides is 2. The van der Waals surface area contributed by atoms with E-state index in [1.54, 1.807) is 18.2 Å². The number of carbonyl (C=O) groups excluding carboxylic acids is 2. The Balaban J connectivity index is 1.52. The van der Waals surface area contributed by atoms with Gasteiger partial charge in [-0.2, -0.15) is 0 Å². The Labute approximate surface area is 170 Å². The Bertz CT molecular complexity index is 720. The first-order chi connectivity index (χ1) is 13.6. The summed E-state index contributed by atoms with van der Waals surface area (Å²) in [5.41, 5.74) is 0.855. The molecule has 0 aromatic heterocycles. The number of benzene rings is 1. The van der Waals surface area contributed by atoms with Gasteiger partial charge in [0.2, 0.25) is 5.91 Å². The molecule has 0 spiro atoms. The quantitative estimate of drug-likeness (QED) is 0.539. The maximum absolute atomic E-state index is 12.4. The summed E-state index contributed by atoms with van der Waals surface area (Å²) in [6.45, 7) is 3.90. The van der Waals surface area contributed by atoms with Gasteiger partial charge in [0, 0.05) is 30.7 Å². The number of hydrogen-bond donors (Lipinski definition) is 2. The normalized spacial score (nSPS) is 25.6. The Morgan fingerprint density at radius 3 is 2.89 bits per heavy atom. The van der Waals surface area contributed by atoms with Crippen LogP contribution in [0, 0.1) is 5.92 Å². The fraction of sp³-hybridized carbons (Fsp3) is 0.524. The first-order valence-electron chi connectivity index (χ1n) is 9.87. The molecule has 152 valence electrons. The lowest BCUT2D eigenvalue weighted by atomic mass is 9.82. The number of nitrogens with one attached hydrogen (secondary N) is 2. The van der Waals surface area contributed by atoms with Crippen LogP contribution in [0.25, 0.3) is 6.08 Å². The molecular formula is C21H27ClN2O4. The van der Waals surface area contributed by atoms with E-state index in [-0.39, 0.29) is 29.9 Å². The van der Waals surface area contributed by atoms with Crippen LogP contribution in [0.2, 0.25) is 5.02 Å². The molecule has 1 saturated carbocycles.